The highest BCUT2D eigenvalue weighted by Crippen LogP contribution is 2.21. The van der Waals surface area contributed by atoms with Gasteiger partial charge in [0.1, 0.15) is 23.0 Å². The van der Waals surface area contributed by atoms with Crippen molar-refractivity contribution < 1.29 is 22.7 Å². The van der Waals surface area contributed by atoms with Crippen LogP contribution in [0, 0.1) is 11.6 Å². The zero-order valence-electron chi connectivity index (χ0n) is 11.0. The minimum Gasteiger partial charge on any atom is -0.423 e. The van der Waals surface area contributed by atoms with E-state index in [0.29, 0.717) is 11.5 Å². The van der Waals surface area contributed by atoms with Gasteiger partial charge in [-0.3, -0.25) is 0 Å². The molecule has 3 rings (SSSR count). The molecule has 0 spiro atoms. The van der Waals surface area contributed by atoms with E-state index in [2.05, 4.69) is 0 Å². The molecule has 0 atom stereocenters. The molecule has 1 aromatic heterocycles. The van der Waals surface area contributed by atoms with E-state index in [0.717, 1.165) is 12.1 Å². The summed E-state index contributed by atoms with van der Waals surface area (Å²) in [6.45, 7) is 0. The Morgan fingerprint density at radius 3 is 2.55 bits per heavy atom. The van der Waals surface area contributed by atoms with Crippen LogP contribution in [-0.2, 0) is 0 Å². The fourth-order valence-electron chi connectivity index (χ4n) is 1.92. The molecule has 1 heterocycles. The maximum Gasteiger partial charge on any atom is 0.346 e. The van der Waals surface area contributed by atoms with Crippen LogP contribution < -0.4 is 10.4 Å². The van der Waals surface area contributed by atoms with Gasteiger partial charge in [0.2, 0.25) is 0 Å². The topological polar surface area (TPSA) is 56.5 Å². The summed E-state index contributed by atoms with van der Waals surface area (Å²) in [6, 6.07) is 9.78. The summed E-state index contributed by atoms with van der Waals surface area (Å²) >= 11 is 0. The standard InChI is InChI=1S/C16H8F2O4/c17-10-3-5-12(13(18)7-10)16(20)21-11-4-1-9-2-6-15(19)22-14(9)8-11/h1-8H. The Kier molecular flexibility index (Phi) is 3.42. The van der Waals surface area contributed by atoms with Crippen molar-refractivity contribution in [2.45, 2.75) is 0 Å². The number of ether oxygens (including phenoxy) is 1. The van der Waals surface area contributed by atoms with E-state index in [1.165, 1.54) is 18.2 Å². The average molecular weight is 302 g/mol. The van der Waals surface area contributed by atoms with Crippen molar-refractivity contribution in [2.24, 2.45) is 0 Å². The molecule has 110 valence electrons. The SMILES string of the molecule is O=C(Oc1ccc2ccc(=O)oc2c1)c1ccc(F)cc1F. The lowest BCUT2D eigenvalue weighted by molar-refractivity contribution is 0.0730. The summed E-state index contributed by atoms with van der Waals surface area (Å²) in [4.78, 5) is 23.0. The number of hydrogen-bond acceptors (Lipinski definition) is 4. The van der Waals surface area contributed by atoms with Gasteiger partial charge in [-0.15, -0.1) is 0 Å². The number of carbonyl (C=O) groups excluding carboxylic acids is 1. The van der Waals surface area contributed by atoms with Gasteiger partial charge in [0, 0.05) is 23.6 Å². The molecule has 0 radical (unpaired) electrons. The monoisotopic (exact) mass is 302 g/mol. The fourth-order valence-corrected chi connectivity index (χ4v) is 1.92. The predicted molar refractivity (Wildman–Crippen MR) is 73.8 cm³/mol. The van der Waals surface area contributed by atoms with E-state index < -0.39 is 28.8 Å². The molecule has 6 heteroatoms. The van der Waals surface area contributed by atoms with Gasteiger partial charge in [-0.2, -0.15) is 0 Å². The summed E-state index contributed by atoms with van der Waals surface area (Å²) in [6.07, 6.45) is 0. The first kappa shape index (κ1) is 13.9. The molecule has 4 nitrogen and oxygen atoms in total. The van der Waals surface area contributed by atoms with Crippen molar-refractivity contribution in [3.8, 4) is 5.75 Å². The molecule has 0 amide bonds. The Balaban J connectivity index is 1.92. The molecule has 0 aliphatic heterocycles. The summed E-state index contributed by atoms with van der Waals surface area (Å²) < 4.78 is 36.3. The largest absolute Gasteiger partial charge is 0.423 e. The zero-order chi connectivity index (χ0) is 15.7. The van der Waals surface area contributed by atoms with Crippen LogP contribution in [0.5, 0.6) is 5.75 Å². The second-order valence-electron chi connectivity index (χ2n) is 4.47. The molecule has 0 unspecified atom stereocenters. The Hall–Kier alpha value is -3.02. The van der Waals surface area contributed by atoms with Gasteiger partial charge in [0.25, 0.3) is 0 Å². The third-order valence-corrected chi connectivity index (χ3v) is 2.96. The minimum atomic E-state index is -1.02. The maximum absolute atomic E-state index is 13.5. The first-order valence-corrected chi connectivity index (χ1v) is 6.24. The van der Waals surface area contributed by atoms with E-state index in [-0.39, 0.29) is 11.3 Å². The number of hydrogen-bond donors (Lipinski definition) is 0. The Morgan fingerprint density at radius 2 is 1.77 bits per heavy atom. The van der Waals surface area contributed by atoms with Crippen LogP contribution in [0.15, 0.2) is 57.7 Å². The molecule has 0 aliphatic rings. The normalized spacial score (nSPS) is 10.6. The Bertz CT molecular complexity index is 931. The van der Waals surface area contributed by atoms with Crippen LogP contribution in [0.2, 0.25) is 0 Å². The smallest absolute Gasteiger partial charge is 0.346 e. The fraction of sp³-hybridized carbons (Fsp3) is 0. The van der Waals surface area contributed by atoms with Crippen molar-refractivity contribution >= 4 is 16.9 Å². The summed E-state index contributed by atoms with van der Waals surface area (Å²) in [5.41, 5.74) is -0.700. The molecule has 22 heavy (non-hydrogen) atoms. The number of fused-ring (bicyclic) bond motifs is 1. The lowest BCUT2D eigenvalue weighted by Gasteiger charge is -2.06. The Morgan fingerprint density at radius 1 is 1.00 bits per heavy atom. The highest BCUT2D eigenvalue weighted by Gasteiger charge is 2.15. The van der Waals surface area contributed by atoms with Gasteiger partial charge in [-0.05, 0) is 30.3 Å². The quantitative estimate of drug-likeness (QED) is 0.414. The van der Waals surface area contributed by atoms with Crippen LogP contribution in [0.25, 0.3) is 11.0 Å². The summed E-state index contributed by atoms with van der Waals surface area (Å²) in [7, 11) is 0. The van der Waals surface area contributed by atoms with Crippen molar-refractivity contribution in [3.63, 3.8) is 0 Å². The first-order chi connectivity index (χ1) is 10.5. The lowest BCUT2D eigenvalue weighted by Crippen LogP contribution is -2.11. The number of rotatable bonds is 2. The Labute approximate surface area is 122 Å². The number of carbonyl (C=O) groups is 1. The van der Waals surface area contributed by atoms with E-state index in [9.17, 15) is 18.4 Å². The average Bonchev–Trinajstić information content (AvgIpc) is 2.46. The van der Waals surface area contributed by atoms with Crippen molar-refractivity contribution in [2.75, 3.05) is 0 Å². The van der Waals surface area contributed by atoms with E-state index >= 15 is 0 Å². The lowest BCUT2D eigenvalue weighted by atomic mass is 10.2. The molecule has 0 saturated heterocycles. The van der Waals surface area contributed by atoms with Gasteiger partial charge < -0.3 is 9.15 Å². The molecule has 0 fully saturated rings. The van der Waals surface area contributed by atoms with Crippen LogP contribution in [0.4, 0.5) is 8.78 Å². The predicted octanol–water partition coefficient (Wildman–Crippen LogP) is 3.29. The van der Waals surface area contributed by atoms with Crippen molar-refractivity contribution in [3.05, 3.63) is 76.1 Å². The van der Waals surface area contributed by atoms with E-state index in [4.69, 9.17) is 9.15 Å². The third kappa shape index (κ3) is 2.71. The molecule has 3 aromatic rings. The number of esters is 1. The van der Waals surface area contributed by atoms with Gasteiger partial charge in [-0.25, -0.2) is 18.4 Å². The van der Waals surface area contributed by atoms with Gasteiger partial charge in [0.05, 0.1) is 5.56 Å². The van der Waals surface area contributed by atoms with Crippen molar-refractivity contribution in [1.82, 2.24) is 0 Å². The number of benzene rings is 2. The highest BCUT2D eigenvalue weighted by molar-refractivity contribution is 5.91. The maximum atomic E-state index is 13.5. The summed E-state index contributed by atoms with van der Waals surface area (Å²) in [5, 5.41) is 0.646. The first-order valence-electron chi connectivity index (χ1n) is 6.24. The van der Waals surface area contributed by atoms with E-state index in [1.807, 2.05) is 0 Å². The van der Waals surface area contributed by atoms with Gasteiger partial charge in [0.15, 0.2) is 0 Å². The molecular formula is C16H8F2O4. The molecule has 0 aliphatic carbocycles. The van der Waals surface area contributed by atoms with Crippen LogP contribution in [0.1, 0.15) is 10.4 Å². The van der Waals surface area contributed by atoms with Gasteiger partial charge >= 0.3 is 11.6 Å². The van der Waals surface area contributed by atoms with Crippen LogP contribution in [-0.4, -0.2) is 5.97 Å². The molecule has 2 aromatic carbocycles. The second-order valence-corrected chi connectivity index (χ2v) is 4.47. The van der Waals surface area contributed by atoms with Gasteiger partial charge in [-0.1, -0.05) is 0 Å². The van der Waals surface area contributed by atoms with Crippen LogP contribution in [0.3, 0.4) is 0 Å². The van der Waals surface area contributed by atoms with Crippen molar-refractivity contribution in [1.29, 1.82) is 0 Å². The summed E-state index contributed by atoms with van der Waals surface area (Å²) in [5.74, 6) is -2.70. The highest BCUT2D eigenvalue weighted by atomic mass is 19.1. The van der Waals surface area contributed by atoms with Crippen LogP contribution >= 0.6 is 0 Å². The molecular weight excluding hydrogens is 294 g/mol. The molecule has 0 N–H and O–H groups in total. The number of halogens is 2. The minimum absolute atomic E-state index is 0.0792. The molecule has 0 saturated carbocycles. The molecule has 0 bridgehead atoms. The third-order valence-electron chi connectivity index (χ3n) is 2.96. The van der Waals surface area contributed by atoms with E-state index in [1.54, 1.807) is 12.1 Å². The zero-order valence-corrected chi connectivity index (χ0v) is 11.0. The second kappa shape index (κ2) is 5.40.